The lowest BCUT2D eigenvalue weighted by molar-refractivity contribution is 0.405. The number of hydrogen-bond donors (Lipinski definition) is 2. The van der Waals surface area contributed by atoms with Crippen molar-refractivity contribution in [2.24, 2.45) is 11.5 Å². The van der Waals surface area contributed by atoms with Crippen LogP contribution in [0.5, 0.6) is 11.5 Å². The monoisotopic (exact) mass is 470 g/mol. The van der Waals surface area contributed by atoms with Gasteiger partial charge in [0.05, 0.1) is 14.2 Å². The first kappa shape index (κ1) is 24.5. The number of nitrogens with two attached hydrogens (primary N) is 2. The maximum atomic E-state index is 14.8. The SMILES string of the molecule is COc1cc(-c2cccc(-c3cccc(-c4cc(F)c(CN)c(OC)c4)c3C)c2C)ccc1CN. The van der Waals surface area contributed by atoms with Crippen LogP contribution < -0.4 is 20.9 Å². The van der Waals surface area contributed by atoms with Gasteiger partial charge in [-0.25, -0.2) is 4.39 Å². The highest BCUT2D eigenvalue weighted by atomic mass is 19.1. The second kappa shape index (κ2) is 10.3. The Morgan fingerprint density at radius 3 is 1.74 bits per heavy atom. The van der Waals surface area contributed by atoms with Gasteiger partial charge in [-0.15, -0.1) is 0 Å². The summed E-state index contributed by atoms with van der Waals surface area (Å²) in [7, 11) is 3.19. The lowest BCUT2D eigenvalue weighted by Gasteiger charge is -2.18. The third kappa shape index (κ3) is 4.53. The predicted molar refractivity (Wildman–Crippen MR) is 141 cm³/mol. The Morgan fingerprint density at radius 1 is 0.657 bits per heavy atom. The number of rotatable bonds is 7. The van der Waals surface area contributed by atoms with E-state index in [1.54, 1.807) is 7.11 Å². The Morgan fingerprint density at radius 2 is 1.20 bits per heavy atom. The molecule has 0 heterocycles. The van der Waals surface area contributed by atoms with E-state index >= 15 is 0 Å². The molecule has 0 aliphatic carbocycles. The summed E-state index contributed by atoms with van der Waals surface area (Å²) in [6.07, 6.45) is 0. The van der Waals surface area contributed by atoms with Crippen molar-refractivity contribution in [2.75, 3.05) is 14.2 Å². The maximum Gasteiger partial charge on any atom is 0.132 e. The van der Waals surface area contributed by atoms with Gasteiger partial charge in [-0.3, -0.25) is 0 Å². The quantitative estimate of drug-likeness (QED) is 0.329. The Kier molecular flexibility index (Phi) is 7.20. The Balaban J connectivity index is 1.84. The van der Waals surface area contributed by atoms with Crippen molar-refractivity contribution in [1.29, 1.82) is 0 Å². The summed E-state index contributed by atoms with van der Waals surface area (Å²) in [6, 6.07) is 21.9. The van der Waals surface area contributed by atoms with Crippen LogP contribution in [0.15, 0.2) is 66.7 Å². The van der Waals surface area contributed by atoms with Crippen molar-refractivity contribution in [3.63, 3.8) is 0 Å². The number of hydrogen-bond acceptors (Lipinski definition) is 4. The lowest BCUT2D eigenvalue weighted by atomic mass is 9.87. The first-order valence-electron chi connectivity index (χ1n) is 11.6. The van der Waals surface area contributed by atoms with E-state index in [4.69, 9.17) is 20.9 Å². The van der Waals surface area contributed by atoms with Gasteiger partial charge in [0, 0.05) is 24.2 Å². The summed E-state index contributed by atoms with van der Waals surface area (Å²) in [5, 5.41) is 0. The summed E-state index contributed by atoms with van der Waals surface area (Å²) in [5.74, 6) is 0.880. The molecule has 5 heteroatoms. The molecule has 4 nitrogen and oxygen atoms in total. The largest absolute Gasteiger partial charge is 0.496 e. The molecule has 0 saturated heterocycles. The highest BCUT2D eigenvalue weighted by Crippen LogP contribution is 2.39. The molecule has 0 atom stereocenters. The molecule has 0 saturated carbocycles. The summed E-state index contributed by atoms with van der Waals surface area (Å²) in [6.45, 7) is 4.69. The average molecular weight is 471 g/mol. The van der Waals surface area contributed by atoms with Crippen LogP contribution in [0.25, 0.3) is 33.4 Å². The van der Waals surface area contributed by atoms with Crippen molar-refractivity contribution < 1.29 is 13.9 Å². The predicted octanol–water partition coefficient (Wildman–Crippen LogP) is 6.38. The molecule has 4 N–H and O–H groups in total. The van der Waals surface area contributed by atoms with Gasteiger partial charge < -0.3 is 20.9 Å². The molecular formula is C30H31FN2O2. The van der Waals surface area contributed by atoms with Crippen LogP contribution >= 0.6 is 0 Å². The zero-order valence-electron chi connectivity index (χ0n) is 20.6. The third-order valence-corrected chi connectivity index (χ3v) is 6.67. The first-order chi connectivity index (χ1) is 16.9. The summed E-state index contributed by atoms with van der Waals surface area (Å²) < 4.78 is 25.7. The molecule has 0 amide bonds. The number of methoxy groups -OCH3 is 2. The molecule has 0 unspecified atom stereocenters. The molecule has 180 valence electrons. The van der Waals surface area contributed by atoms with Crippen LogP contribution in [0.4, 0.5) is 4.39 Å². The number of benzene rings is 4. The summed E-state index contributed by atoms with van der Waals surface area (Å²) in [4.78, 5) is 0. The van der Waals surface area contributed by atoms with Crippen LogP contribution in [0.2, 0.25) is 0 Å². The minimum absolute atomic E-state index is 0.0807. The van der Waals surface area contributed by atoms with Crippen LogP contribution in [0.1, 0.15) is 22.3 Å². The van der Waals surface area contributed by atoms with Crippen LogP contribution in [-0.2, 0) is 13.1 Å². The fourth-order valence-electron chi connectivity index (χ4n) is 4.71. The zero-order chi connectivity index (χ0) is 25.1. The molecular weight excluding hydrogens is 439 g/mol. The Hall–Kier alpha value is -3.67. The molecule has 0 bridgehead atoms. The van der Waals surface area contributed by atoms with Gasteiger partial charge in [0.1, 0.15) is 17.3 Å². The van der Waals surface area contributed by atoms with Crippen molar-refractivity contribution in [3.8, 4) is 44.9 Å². The van der Waals surface area contributed by atoms with Gasteiger partial charge in [-0.2, -0.15) is 0 Å². The van der Waals surface area contributed by atoms with E-state index in [9.17, 15) is 4.39 Å². The summed E-state index contributed by atoms with van der Waals surface area (Å²) in [5.41, 5.74) is 21.2. The minimum atomic E-state index is -0.361. The van der Waals surface area contributed by atoms with Gasteiger partial charge in [0.25, 0.3) is 0 Å². The van der Waals surface area contributed by atoms with E-state index < -0.39 is 0 Å². The Labute approximate surface area is 206 Å². The molecule has 4 aromatic carbocycles. The van der Waals surface area contributed by atoms with Crippen LogP contribution in [0, 0.1) is 19.7 Å². The number of ether oxygens (including phenoxy) is 2. The van der Waals surface area contributed by atoms with Gasteiger partial charge in [0.2, 0.25) is 0 Å². The molecule has 0 radical (unpaired) electrons. The van der Waals surface area contributed by atoms with E-state index in [-0.39, 0.29) is 12.4 Å². The molecule has 0 aliphatic heterocycles. The highest BCUT2D eigenvalue weighted by Gasteiger charge is 2.16. The first-order valence-corrected chi connectivity index (χ1v) is 11.6. The molecule has 4 rings (SSSR count). The molecule has 0 aromatic heterocycles. The second-order valence-electron chi connectivity index (χ2n) is 8.53. The fraction of sp³-hybridized carbons (Fsp3) is 0.200. The second-order valence-corrected chi connectivity index (χ2v) is 8.53. The minimum Gasteiger partial charge on any atom is -0.496 e. The van der Waals surface area contributed by atoms with E-state index in [2.05, 4.69) is 44.2 Å². The van der Waals surface area contributed by atoms with E-state index in [0.717, 1.165) is 55.8 Å². The van der Waals surface area contributed by atoms with Gasteiger partial charge in [-0.05, 0) is 76.6 Å². The van der Waals surface area contributed by atoms with Crippen molar-refractivity contribution >= 4 is 0 Å². The molecule has 0 fully saturated rings. The molecule has 0 spiro atoms. The standard InChI is InChI=1S/C30H31FN2O2/c1-18-23(20-11-12-21(16-32)29(14-20)34-3)7-5-9-25(18)26-10-6-8-24(19(26)2)22-13-28(31)27(17-33)30(15-22)35-4/h5-15H,16-17,32-33H2,1-4H3. The third-order valence-electron chi connectivity index (χ3n) is 6.67. The van der Waals surface area contributed by atoms with Crippen molar-refractivity contribution in [3.05, 3.63) is 94.8 Å². The molecule has 4 aromatic rings. The van der Waals surface area contributed by atoms with Gasteiger partial charge in [0.15, 0.2) is 0 Å². The van der Waals surface area contributed by atoms with Crippen molar-refractivity contribution in [2.45, 2.75) is 26.9 Å². The zero-order valence-corrected chi connectivity index (χ0v) is 20.6. The number of halogens is 1. The van der Waals surface area contributed by atoms with E-state index in [0.29, 0.717) is 17.9 Å². The molecule has 0 aliphatic rings. The normalized spacial score (nSPS) is 10.9. The highest BCUT2D eigenvalue weighted by molar-refractivity contribution is 5.84. The molecule has 35 heavy (non-hydrogen) atoms. The topological polar surface area (TPSA) is 70.5 Å². The Bertz CT molecular complexity index is 1380. The smallest absolute Gasteiger partial charge is 0.132 e. The van der Waals surface area contributed by atoms with Gasteiger partial charge in [-0.1, -0.05) is 48.5 Å². The van der Waals surface area contributed by atoms with Crippen LogP contribution in [-0.4, -0.2) is 14.2 Å². The fourth-order valence-corrected chi connectivity index (χ4v) is 4.71. The summed E-state index contributed by atoms with van der Waals surface area (Å²) >= 11 is 0. The van der Waals surface area contributed by atoms with E-state index in [1.807, 2.05) is 30.3 Å². The van der Waals surface area contributed by atoms with Gasteiger partial charge >= 0.3 is 0 Å². The lowest BCUT2D eigenvalue weighted by Crippen LogP contribution is -2.04. The van der Waals surface area contributed by atoms with Crippen molar-refractivity contribution in [1.82, 2.24) is 0 Å². The maximum absolute atomic E-state index is 14.8. The van der Waals surface area contributed by atoms with E-state index in [1.165, 1.54) is 13.2 Å². The van der Waals surface area contributed by atoms with Crippen LogP contribution in [0.3, 0.4) is 0 Å². The average Bonchev–Trinajstić information content (AvgIpc) is 2.88.